The summed E-state index contributed by atoms with van der Waals surface area (Å²) >= 11 is 0. The van der Waals surface area contributed by atoms with Crippen LogP contribution in [0.25, 0.3) is 0 Å². The zero-order valence-corrected chi connectivity index (χ0v) is 23.2. The van der Waals surface area contributed by atoms with Gasteiger partial charge >= 0.3 is 16.5 Å². The number of hydrogen-bond donors (Lipinski definition) is 2. The van der Waals surface area contributed by atoms with E-state index in [2.05, 4.69) is 0 Å². The number of hydrogen-bond acceptors (Lipinski definition) is 8. The van der Waals surface area contributed by atoms with Crippen molar-refractivity contribution in [3.8, 4) is 34.5 Å². The average Bonchev–Trinajstić information content (AvgIpc) is 2.96. The van der Waals surface area contributed by atoms with E-state index in [9.17, 15) is 9.13 Å². The summed E-state index contributed by atoms with van der Waals surface area (Å²) in [5.74, 6) is 2.35. The Morgan fingerprint density at radius 3 is 0.825 bits per heavy atom. The van der Waals surface area contributed by atoms with Gasteiger partial charge in [-0.1, -0.05) is 78.9 Å². The predicted octanol–water partition coefficient (Wildman–Crippen LogP) is 8.17. The highest BCUT2D eigenvalue weighted by atomic mass is 31.1. The molecule has 2 N–H and O–H groups in total. The molecule has 5 aromatic rings. The molecule has 0 atom stereocenters. The maximum Gasteiger partial charge on any atom is 0.418 e. The minimum absolute atomic E-state index is 0.0880. The van der Waals surface area contributed by atoms with E-state index >= 15 is 0 Å². The zero-order valence-electron chi connectivity index (χ0n) is 21.2. The monoisotopic (exact) mass is 578 g/mol. The molecule has 0 aromatic heterocycles. The SMILES string of the molecule is O=[PH](Oc1ccccc1)Oc1ccccc1.O=[PH](Oc1ccccc1)Oc1ccccc1.Oc1cccc(O)c1. The molecule has 10 heteroatoms. The molecular weight excluding hydrogens is 550 g/mol. The van der Waals surface area contributed by atoms with Crippen LogP contribution in [0.1, 0.15) is 0 Å². The second kappa shape index (κ2) is 17.0. The number of rotatable bonds is 8. The molecule has 40 heavy (non-hydrogen) atoms. The Bertz CT molecular complexity index is 1240. The lowest BCUT2D eigenvalue weighted by Gasteiger charge is -2.07. The van der Waals surface area contributed by atoms with Crippen LogP contribution in [0.15, 0.2) is 146 Å². The highest BCUT2D eigenvalue weighted by Crippen LogP contribution is 2.30. The quantitative estimate of drug-likeness (QED) is 0.177. The van der Waals surface area contributed by atoms with Crippen molar-refractivity contribution in [2.45, 2.75) is 0 Å². The van der Waals surface area contributed by atoms with E-state index in [-0.39, 0.29) is 11.5 Å². The summed E-state index contributed by atoms with van der Waals surface area (Å²) in [5.41, 5.74) is 0. The molecule has 0 unspecified atom stereocenters. The second-order valence-corrected chi connectivity index (χ2v) is 9.50. The van der Waals surface area contributed by atoms with E-state index < -0.39 is 16.5 Å². The average molecular weight is 578 g/mol. The molecule has 0 saturated carbocycles. The van der Waals surface area contributed by atoms with Crippen LogP contribution >= 0.6 is 16.5 Å². The second-order valence-electron chi connectivity index (χ2n) is 7.68. The molecule has 0 aliphatic carbocycles. The van der Waals surface area contributed by atoms with Crippen molar-refractivity contribution in [2.24, 2.45) is 0 Å². The lowest BCUT2D eigenvalue weighted by atomic mass is 10.3. The standard InChI is InChI=1S/2C12H11O3P.C6H6O2/c2*13-16(14-11-7-3-1-4-8-11)15-12-9-5-2-6-10-12;7-5-2-1-3-6(8)4-5/h2*1-10,16H;1-4,7-8H. The van der Waals surface area contributed by atoms with Gasteiger partial charge in [-0.15, -0.1) is 0 Å². The van der Waals surface area contributed by atoms with Gasteiger partial charge in [0.1, 0.15) is 34.5 Å². The van der Waals surface area contributed by atoms with E-state index in [0.717, 1.165) is 0 Å². The minimum atomic E-state index is -2.54. The molecule has 8 nitrogen and oxygen atoms in total. The molecule has 0 heterocycles. The van der Waals surface area contributed by atoms with Crippen LogP contribution in [0.5, 0.6) is 34.5 Å². The molecule has 0 aliphatic heterocycles. The first-order valence-corrected chi connectivity index (χ1v) is 14.4. The molecule has 0 saturated heterocycles. The van der Waals surface area contributed by atoms with Gasteiger partial charge in [-0.25, -0.2) is 9.13 Å². The molecule has 0 radical (unpaired) electrons. The Morgan fingerprint density at radius 2 is 0.625 bits per heavy atom. The highest BCUT2D eigenvalue weighted by molar-refractivity contribution is 7.34. The first-order valence-electron chi connectivity index (χ1n) is 12.0. The molecule has 206 valence electrons. The Morgan fingerprint density at radius 1 is 0.375 bits per heavy atom. The van der Waals surface area contributed by atoms with Crippen LogP contribution in [0.3, 0.4) is 0 Å². The van der Waals surface area contributed by atoms with Crippen molar-refractivity contribution in [1.29, 1.82) is 0 Å². The van der Waals surface area contributed by atoms with E-state index in [4.69, 9.17) is 28.3 Å². The maximum atomic E-state index is 11.5. The van der Waals surface area contributed by atoms with Crippen molar-refractivity contribution in [2.75, 3.05) is 0 Å². The Labute approximate surface area is 233 Å². The Balaban J connectivity index is 0.000000175. The molecule has 0 bridgehead atoms. The molecule has 5 rings (SSSR count). The van der Waals surface area contributed by atoms with Gasteiger partial charge in [0.05, 0.1) is 0 Å². The first kappa shape index (κ1) is 29.9. The number of benzene rings is 5. The van der Waals surface area contributed by atoms with Crippen molar-refractivity contribution >= 4 is 16.5 Å². The maximum absolute atomic E-state index is 11.5. The minimum Gasteiger partial charge on any atom is -0.508 e. The predicted molar refractivity (Wildman–Crippen MR) is 156 cm³/mol. The summed E-state index contributed by atoms with van der Waals surface area (Å²) in [4.78, 5) is 0. The molecule has 0 amide bonds. The fourth-order valence-corrected chi connectivity index (χ4v) is 4.27. The third kappa shape index (κ3) is 12.3. The van der Waals surface area contributed by atoms with Gasteiger partial charge in [0.2, 0.25) is 0 Å². The van der Waals surface area contributed by atoms with Gasteiger partial charge in [-0.05, 0) is 60.7 Å². The van der Waals surface area contributed by atoms with Crippen LogP contribution < -0.4 is 18.1 Å². The van der Waals surface area contributed by atoms with Gasteiger partial charge in [0, 0.05) is 6.07 Å². The number of aromatic hydroxyl groups is 2. The summed E-state index contributed by atoms with van der Waals surface area (Å²) in [7, 11) is -5.09. The van der Waals surface area contributed by atoms with E-state index in [1.165, 1.54) is 18.2 Å². The number of phenols is 2. The van der Waals surface area contributed by atoms with E-state index in [0.29, 0.717) is 23.0 Å². The van der Waals surface area contributed by atoms with Gasteiger partial charge < -0.3 is 28.3 Å². The smallest absolute Gasteiger partial charge is 0.418 e. The molecule has 0 spiro atoms. The highest BCUT2D eigenvalue weighted by Gasteiger charge is 2.03. The topological polar surface area (TPSA) is 112 Å². The van der Waals surface area contributed by atoms with Crippen LogP contribution in [-0.2, 0) is 9.13 Å². The normalized spacial score (nSPS) is 9.85. The van der Waals surface area contributed by atoms with Crippen molar-refractivity contribution < 1.29 is 37.4 Å². The molecule has 0 fully saturated rings. The summed E-state index contributed by atoms with van der Waals surface area (Å²) in [6, 6.07) is 41.7. The Hall–Kier alpha value is -4.64. The fraction of sp³-hybridized carbons (Fsp3) is 0. The van der Waals surface area contributed by atoms with Crippen LogP contribution in [0.2, 0.25) is 0 Å². The third-order valence-corrected chi connectivity index (χ3v) is 6.22. The number of para-hydroxylation sites is 4. The lowest BCUT2D eigenvalue weighted by molar-refractivity contribution is 0.414. The van der Waals surface area contributed by atoms with Gasteiger partial charge in [-0.2, -0.15) is 0 Å². The lowest BCUT2D eigenvalue weighted by Crippen LogP contribution is -1.87. The van der Waals surface area contributed by atoms with Crippen molar-refractivity contribution in [3.05, 3.63) is 146 Å². The Kier molecular flexibility index (Phi) is 12.7. The van der Waals surface area contributed by atoms with Crippen molar-refractivity contribution in [1.82, 2.24) is 0 Å². The van der Waals surface area contributed by atoms with E-state index in [1.807, 2.05) is 72.8 Å². The van der Waals surface area contributed by atoms with Crippen LogP contribution in [-0.4, -0.2) is 10.2 Å². The molecular formula is C30H28O8P2. The third-order valence-electron chi connectivity index (χ3n) is 4.61. The van der Waals surface area contributed by atoms with Gasteiger partial charge in [-0.3, -0.25) is 0 Å². The van der Waals surface area contributed by atoms with Gasteiger partial charge in [0.25, 0.3) is 0 Å². The summed E-state index contributed by atoms with van der Waals surface area (Å²) in [5, 5.41) is 17.3. The zero-order chi connectivity index (χ0) is 28.4. The van der Waals surface area contributed by atoms with Crippen molar-refractivity contribution in [3.63, 3.8) is 0 Å². The summed E-state index contributed by atoms with van der Waals surface area (Å²) < 4.78 is 43.6. The summed E-state index contributed by atoms with van der Waals surface area (Å²) in [6.45, 7) is 0. The molecule has 5 aromatic carbocycles. The van der Waals surface area contributed by atoms with Crippen LogP contribution in [0.4, 0.5) is 0 Å². The first-order chi connectivity index (χ1) is 19.5. The number of phenolic OH excluding ortho intramolecular Hbond substituents is 2. The van der Waals surface area contributed by atoms with Gasteiger partial charge in [0.15, 0.2) is 0 Å². The summed E-state index contributed by atoms with van der Waals surface area (Å²) in [6.07, 6.45) is 0. The van der Waals surface area contributed by atoms with E-state index in [1.54, 1.807) is 54.6 Å². The molecule has 0 aliphatic rings. The largest absolute Gasteiger partial charge is 0.508 e. The fourth-order valence-electron chi connectivity index (χ4n) is 2.87. The van der Waals surface area contributed by atoms with Crippen LogP contribution in [0, 0.1) is 0 Å².